The maximum atomic E-state index is 13.1. The lowest BCUT2D eigenvalue weighted by atomic mass is 9.79. The van der Waals surface area contributed by atoms with Gasteiger partial charge in [0.05, 0.1) is 11.4 Å². The summed E-state index contributed by atoms with van der Waals surface area (Å²) >= 11 is 0. The fourth-order valence-corrected chi connectivity index (χ4v) is 4.25. The lowest BCUT2D eigenvalue weighted by Crippen LogP contribution is -2.24. The largest absolute Gasteiger partial charge is 0.359 e. The fraction of sp³-hybridized carbons (Fsp3) is 0.269. The first-order valence-corrected chi connectivity index (χ1v) is 10.9. The zero-order chi connectivity index (χ0) is 23.8. The highest BCUT2D eigenvalue weighted by Crippen LogP contribution is 2.34. The molecular formula is C26H28N4O3. The molecule has 3 aromatic rings. The summed E-state index contributed by atoms with van der Waals surface area (Å²) in [6, 6.07) is 16.3. The van der Waals surface area contributed by atoms with Crippen molar-refractivity contribution < 1.29 is 9.59 Å². The number of hydrogen-bond acceptors (Lipinski definition) is 4. The predicted octanol–water partition coefficient (Wildman–Crippen LogP) is 4.42. The van der Waals surface area contributed by atoms with Crippen LogP contribution in [0.1, 0.15) is 42.7 Å². The molecule has 33 heavy (non-hydrogen) atoms. The predicted molar refractivity (Wildman–Crippen MR) is 130 cm³/mol. The third-order valence-corrected chi connectivity index (χ3v) is 5.88. The number of carbonyl (C=O) groups is 2. The number of para-hydroxylation sites is 1. The highest BCUT2D eigenvalue weighted by molar-refractivity contribution is 6.05. The van der Waals surface area contributed by atoms with Gasteiger partial charge in [0.25, 0.3) is 11.5 Å². The van der Waals surface area contributed by atoms with E-state index in [9.17, 15) is 14.4 Å². The number of anilines is 2. The van der Waals surface area contributed by atoms with Crippen LogP contribution in [0.5, 0.6) is 0 Å². The summed E-state index contributed by atoms with van der Waals surface area (Å²) in [6.45, 7) is 5.92. The van der Waals surface area contributed by atoms with Crippen LogP contribution in [-0.4, -0.2) is 21.1 Å². The third-order valence-electron chi connectivity index (χ3n) is 5.88. The van der Waals surface area contributed by atoms with Crippen molar-refractivity contribution in [2.75, 3.05) is 10.6 Å². The monoisotopic (exact) mass is 444 g/mol. The Hall–Kier alpha value is -3.87. The molecule has 0 spiro atoms. The van der Waals surface area contributed by atoms with E-state index in [4.69, 9.17) is 0 Å². The van der Waals surface area contributed by atoms with Gasteiger partial charge in [0.15, 0.2) is 5.78 Å². The summed E-state index contributed by atoms with van der Waals surface area (Å²) in [5, 5.41) is 6.06. The molecule has 0 fully saturated rings. The van der Waals surface area contributed by atoms with E-state index in [1.165, 1.54) is 4.68 Å². The molecule has 0 atom stereocenters. The minimum atomic E-state index is -0.376. The van der Waals surface area contributed by atoms with E-state index in [1.54, 1.807) is 42.9 Å². The van der Waals surface area contributed by atoms with Crippen molar-refractivity contribution in [2.24, 2.45) is 12.5 Å². The van der Waals surface area contributed by atoms with Crippen molar-refractivity contribution in [1.82, 2.24) is 9.36 Å². The van der Waals surface area contributed by atoms with Gasteiger partial charge in [0.2, 0.25) is 0 Å². The lowest BCUT2D eigenvalue weighted by molar-refractivity contribution is -0.117. The number of nitrogens with one attached hydrogen (secondary N) is 2. The van der Waals surface area contributed by atoms with Gasteiger partial charge in [-0.2, -0.15) is 0 Å². The topological polar surface area (TPSA) is 85.1 Å². The number of amides is 1. The number of nitrogens with zero attached hydrogens (tertiary/aromatic N) is 2. The van der Waals surface area contributed by atoms with Crippen LogP contribution in [0.25, 0.3) is 5.69 Å². The normalized spacial score (nSPS) is 15.2. The maximum absolute atomic E-state index is 13.1. The molecule has 1 heterocycles. The summed E-state index contributed by atoms with van der Waals surface area (Å²) in [5.41, 5.74) is 3.17. The molecule has 1 aliphatic carbocycles. The van der Waals surface area contributed by atoms with E-state index < -0.39 is 0 Å². The van der Waals surface area contributed by atoms with Gasteiger partial charge in [-0.1, -0.05) is 38.1 Å². The minimum absolute atomic E-state index is 0.0943. The van der Waals surface area contributed by atoms with E-state index in [-0.39, 0.29) is 28.4 Å². The summed E-state index contributed by atoms with van der Waals surface area (Å²) < 4.78 is 3.25. The molecule has 2 N–H and O–H groups in total. The van der Waals surface area contributed by atoms with Gasteiger partial charge in [0, 0.05) is 36.5 Å². The van der Waals surface area contributed by atoms with Crippen molar-refractivity contribution in [1.29, 1.82) is 0 Å². The molecule has 2 aromatic carbocycles. The van der Waals surface area contributed by atoms with Crippen LogP contribution in [0, 0.1) is 12.3 Å². The van der Waals surface area contributed by atoms with Crippen LogP contribution in [0.4, 0.5) is 11.4 Å². The highest BCUT2D eigenvalue weighted by Gasteiger charge is 2.27. The lowest BCUT2D eigenvalue weighted by Gasteiger charge is -2.29. The van der Waals surface area contributed by atoms with Crippen molar-refractivity contribution in [3.63, 3.8) is 0 Å². The Morgan fingerprint density at radius 2 is 1.73 bits per heavy atom. The first-order chi connectivity index (χ1) is 15.6. The van der Waals surface area contributed by atoms with E-state index in [0.717, 1.165) is 17.8 Å². The maximum Gasteiger partial charge on any atom is 0.295 e. The second-order valence-corrected chi connectivity index (χ2v) is 9.25. The van der Waals surface area contributed by atoms with Crippen molar-refractivity contribution in [3.8, 4) is 5.69 Å². The first-order valence-electron chi connectivity index (χ1n) is 10.9. The standard InChI is InChI=1S/C26H28N4O3/c1-17-23(25(33)30(29(17)4)21-11-6-5-7-12-21)28-24(32)18-9-8-10-19(13-18)27-20-14-22(31)16-26(2,3)15-20/h5-14,27H,15-16H2,1-4H3,(H,28,32). The smallest absolute Gasteiger partial charge is 0.295 e. The molecule has 1 aliphatic rings. The van der Waals surface area contributed by atoms with Crippen LogP contribution < -0.4 is 16.2 Å². The summed E-state index contributed by atoms with van der Waals surface area (Å²) in [7, 11) is 1.78. The Kier molecular flexibility index (Phi) is 5.80. The first kappa shape index (κ1) is 22.3. The average Bonchev–Trinajstić information content (AvgIpc) is 2.96. The molecule has 7 nitrogen and oxygen atoms in total. The Bertz CT molecular complexity index is 1310. The van der Waals surface area contributed by atoms with Crippen LogP contribution in [-0.2, 0) is 11.8 Å². The SMILES string of the molecule is Cc1c(NC(=O)c2cccc(NC3=CC(=O)CC(C)(C)C3)c2)c(=O)n(-c2ccccc2)n1C. The number of allylic oxidation sites excluding steroid dienone is 2. The second-order valence-electron chi connectivity index (χ2n) is 9.25. The molecule has 0 saturated carbocycles. The summed E-state index contributed by atoms with van der Waals surface area (Å²) in [5.74, 6) is -0.282. The number of benzene rings is 2. The Morgan fingerprint density at radius 3 is 2.42 bits per heavy atom. The highest BCUT2D eigenvalue weighted by atomic mass is 16.2. The van der Waals surface area contributed by atoms with E-state index in [1.807, 2.05) is 36.4 Å². The zero-order valence-electron chi connectivity index (χ0n) is 19.3. The van der Waals surface area contributed by atoms with Gasteiger partial charge in [0.1, 0.15) is 5.69 Å². The van der Waals surface area contributed by atoms with Gasteiger partial charge in [-0.3, -0.25) is 19.1 Å². The quantitative estimate of drug-likeness (QED) is 0.610. The second kappa shape index (κ2) is 8.58. The van der Waals surface area contributed by atoms with Crippen molar-refractivity contribution in [3.05, 3.63) is 88.0 Å². The Balaban J connectivity index is 1.57. The molecule has 0 saturated heterocycles. The summed E-state index contributed by atoms with van der Waals surface area (Å²) in [6.07, 6.45) is 2.91. The molecular weight excluding hydrogens is 416 g/mol. The molecule has 170 valence electrons. The van der Waals surface area contributed by atoms with E-state index in [2.05, 4.69) is 24.5 Å². The van der Waals surface area contributed by atoms with Gasteiger partial charge in [-0.05, 0) is 49.1 Å². The number of carbonyl (C=O) groups excluding carboxylic acids is 2. The molecule has 0 unspecified atom stereocenters. The fourth-order valence-electron chi connectivity index (χ4n) is 4.25. The molecule has 0 aliphatic heterocycles. The van der Waals surface area contributed by atoms with Crippen LogP contribution in [0.3, 0.4) is 0 Å². The zero-order valence-corrected chi connectivity index (χ0v) is 19.3. The van der Waals surface area contributed by atoms with E-state index in [0.29, 0.717) is 23.4 Å². The summed E-state index contributed by atoms with van der Waals surface area (Å²) in [4.78, 5) is 38.1. The molecule has 7 heteroatoms. The molecule has 0 radical (unpaired) electrons. The molecule has 1 amide bonds. The Labute approximate surface area is 192 Å². The number of hydrogen-bond donors (Lipinski definition) is 2. The molecule has 0 bridgehead atoms. The molecule has 1 aromatic heterocycles. The minimum Gasteiger partial charge on any atom is -0.359 e. The van der Waals surface area contributed by atoms with E-state index >= 15 is 0 Å². The van der Waals surface area contributed by atoms with Gasteiger partial charge >= 0.3 is 0 Å². The van der Waals surface area contributed by atoms with Gasteiger partial charge < -0.3 is 10.6 Å². The van der Waals surface area contributed by atoms with Crippen LogP contribution in [0.2, 0.25) is 0 Å². The van der Waals surface area contributed by atoms with Crippen LogP contribution >= 0.6 is 0 Å². The van der Waals surface area contributed by atoms with Gasteiger partial charge in [-0.15, -0.1) is 0 Å². The molecule has 4 rings (SSSR count). The van der Waals surface area contributed by atoms with Gasteiger partial charge in [-0.25, -0.2) is 4.68 Å². The number of aromatic nitrogens is 2. The third kappa shape index (κ3) is 4.67. The van der Waals surface area contributed by atoms with Crippen molar-refractivity contribution >= 4 is 23.1 Å². The van der Waals surface area contributed by atoms with Crippen molar-refractivity contribution in [2.45, 2.75) is 33.6 Å². The Morgan fingerprint density at radius 1 is 1.00 bits per heavy atom. The van der Waals surface area contributed by atoms with Crippen LogP contribution in [0.15, 0.2) is 71.2 Å². The number of ketones is 1. The average molecular weight is 445 g/mol. The number of rotatable bonds is 5.